The third-order valence-corrected chi connectivity index (χ3v) is 3.81. The molecule has 1 aromatic rings. The van der Waals surface area contributed by atoms with Crippen molar-refractivity contribution < 1.29 is 19.1 Å². The molecular formula is C20H30N2O4. The molecule has 1 rings (SSSR count). The SMILES string of the molecule is COC(=O)[C@@H](CC(C)C)N(C=O)[C@H](C(=O)NC(C)(C)C)c1ccccc1. The first-order valence-corrected chi connectivity index (χ1v) is 8.78. The van der Waals surface area contributed by atoms with Crippen LogP contribution in [0.15, 0.2) is 30.3 Å². The Morgan fingerprint density at radius 1 is 1.19 bits per heavy atom. The Morgan fingerprint density at radius 2 is 1.77 bits per heavy atom. The molecule has 6 nitrogen and oxygen atoms in total. The molecule has 6 heteroatoms. The Bertz CT molecular complexity index is 608. The number of amides is 2. The first-order valence-electron chi connectivity index (χ1n) is 8.78. The van der Waals surface area contributed by atoms with Crippen LogP contribution in [0.3, 0.4) is 0 Å². The van der Waals surface area contributed by atoms with E-state index in [2.05, 4.69) is 5.32 Å². The lowest BCUT2D eigenvalue weighted by Crippen LogP contribution is -2.52. The highest BCUT2D eigenvalue weighted by molar-refractivity contribution is 5.88. The van der Waals surface area contributed by atoms with Crippen LogP contribution in [0.25, 0.3) is 0 Å². The number of esters is 1. The van der Waals surface area contributed by atoms with Crippen LogP contribution in [0.1, 0.15) is 52.6 Å². The van der Waals surface area contributed by atoms with E-state index in [0.717, 1.165) is 0 Å². The van der Waals surface area contributed by atoms with Gasteiger partial charge in [0.2, 0.25) is 12.3 Å². The molecule has 1 aromatic carbocycles. The molecule has 0 heterocycles. The molecule has 2 atom stereocenters. The van der Waals surface area contributed by atoms with Gasteiger partial charge in [-0.05, 0) is 38.7 Å². The summed E-state index contributed by atoms with van der Waals surface area (Å²) < 4.78 is 4.89. The van der Waals surface area contributed by atoms with Gasteiger partial charge in [0.25, 0.3) is 0 Å². The predicted molar refractivity (Wildman–Crippen MR) is 100 cm³/mol. The molecule has 0 saturated carbocycles. The molecule has 0 saturated heterocycles. The number of carbonyl (C=O) groups excluding carboxylic acids is 3. The summed E-state index contributed by atoms with van der Waals surface area (Å²) in [5, 5.41) is 2.91. The number of nitrogens with one attached hydrogen (secondary N) is 1. The van der Waals surface area contributed by atoms with Crippen molar-refractivity contribution in [2.24, 2.45) is 5.92 Å². The fourth-order valence-electron chi connectivity index (χ4n) is 2.77. The molecule has 0 aliphatic carbocycles. The van der Waals surface area contributed by atoms with Crippen LogP contribution in [0.5, 0.6) is 0 Å². The summed E-state index contributed by atoms with van der Waals surface area (Å²) in [7, 11) is 1.28. The number of carbonyl (C=O) groups is 3. The van der Waals surface area contributed by atoms with Crippen molar-refractivity contribution in [3.05, 3.63) is 35.9 Å². The summed E-state index contributed by atoms with van der Waals surface area (Å²) in [6.45, 7) is 9.50. The minimum Gasteiger partial charge on any atom is -0.467 e. The van der Waals surface area contributed by atoms with Gasteiger partial charge in [0.05, 0.1) is 7.11 Å². The maximum absolute atomic E-state index is 13.0. The lowest BCUT2D eigenvalue weighted by molar-refractivity contribution is -0.154. The Labute approximate surface area is 155 Å². The zero-order valence-electron chi connectivity index (χ0n) is 16.5. The van der Waals surface area contributed by atoms with E-state index in [4.69, 9.17) is 4.74 Å². The van der Waals surface area contributed by atoms with E-state index in [9.17, 15) is 14.4 Å². The van der Waals surface area contributed by atoms with Gasteiger partial charge in [-0.15, -0.1) is 0 Å². The normalized spacial score (nSPS) is 13.7. The van der Waals surface area contributed by atoms with E-state index in [-0.39, 0.29) is 11.8 Å². The van der Waals surface area contributed by atoms with Gasteiger partial charge in [-0.1, -0.05) is 44.2 Å². The molecule has 144 valence electrons. The second kappa shape index (κ2) is 9.36. The average molecular weight is 362 g/mol. The standard InChI is InChI=1S/C20H30N2O4/c1-14(2)12-16(19(25)26-6)22(13-23)17(15-10-8-7-9-11-15)18(24)21-20(3,4)5/h7-11,13-14,16-17H,12H2,1-6H3,(H,21,24)/t16-,17+/m1/s1. The summed E-state index contributed by atoms with van der Waals surface area (Å²) >= 11 is 0. The molecule has 26 heavy (non-hydrogen) atoms. The second-order valence-electron chi connectivity index (χ2n) is 7.77. The van der Waals surface area contributed by atoms with Crippen molar-refractivity contribution in [3.63, 3.8) is 0 Å². The fraction of sp³-hybridized carbons (Fsp3) is 0.550. The Kier molecular flexibility index (Phi) is 7.80. The monoisotopic (exact) mass is 362 g/mol. The van der Waals surface area contributed by atoms with E-state index < -0.39 is 23.6 Å². The van der Waals surface area contributed by atoms with Gasteiger partial charge in [-0.3, -0.25) is 9.59 Å². The van der Waals surface area contributed by atoms with Crippen molar-refractivity contribution in [2.75, 3.05) is 7.11 Å². The lowest BCUT2D eigenvalue weighted by atomic mass is 9.97. The Morgan fingerprint density at radius 3 is 2.19 bits per heavy atom. The first kappa shape index (κ1) is 21.7. The van der Waals surface area contributed by atoms with Crippen molar-refractivity contribution in [1.82, 2.24) is 10.2 Å². The molecule has 0 aliphatic rings. The van der Waals surface area contributed by atoms with Crippen molar-refractivity contribution in [1.29, 1.82) is 0 Å². The minimum atomic E-state index is -0.921. The highest BCUT2D eigenvalue weighted by Crippen LogP contribution is 2.26. The zero-order valence-corrected chi connectivity index (χ0v) is 16.5. The molecule has 0 aromatic heterocycles. The average Bonchev–Trinajstić information content (AvgIpc) is 2.56. The highest BCUT2D eigenvalue weighted by Gasteiger charge is 2.37. The minimum absolute atomic E-state index is 0.142. The van der Waals surface area contributed by atoms with Crippen LogP contribution < -0.4 is 5.32 Å². The number of benzene rings is 1. The third-order valence-electron chi connectivity index (χ3n) is 3.81. The number of hydrogen-bond acceptors (Lipinski definition) is 4. The van der Waals surface area contributed by atoms with Crippen molar-refractivity contribution in [3.8, 4) is 0 Å². The smallest absolute Gasteiger partial charge is 0.328 e. The number of rotatable bonds is 8. The molecule has 2 amide bonds. The largest absolute Gasteiger partial charge is 0.467 e. The van der Waals surface area contributed by atoms with Crippen LogP contribution in [0.4, 0.5) is 0 Å². The molecule has 1 N–H and O–H groups in total. The molecule has 0 bridgehead atoms. The van der Waals surface area contributed by atoms with Crippen LogP contribution in [-0.2, 0) is 19.1 Å². The van der Waals surface area contributed by atoms with E-state index >= 15 is 0 Å². The van der Waals surface area contributed by atoms with Gasteiger partial charge in [0.15, 0.2) is 0 Å². The van der Waals surface area contributed by atoms with Crippen LogP contribution in [0, 0.1) is 5.92 Å². The summed E-state index contributed by atoms with van der Waals surface area (Å²) in [6.07, 6.45) is 0.960. The maximum atomic E-state index is 13.0. The van der Waals surface area contributed by atoms with Crippen LogP contribution >= 0.6 is 0 Å². The fourth-order valence-corrected chi connectivity index (χ4v) is 2.77. The van der Waals surface area contributed by atoms with Crippen LogP contribution in [-0.4, -0.2) is 41.9 Å². The van der Waals surface area contributed by atoms with Gasteiger partial charge in [-0.2, -0.15) is 0 Å². The number of methoxy groups -OCH3 is 1. The number of hydrogen-bond donors (Lipinski definition) is 1. The van der Waals surface area contributed by atoms with Gasteiger partial charge in [-0.25, -0.2) is 4.79 Å². The molecule has 0 fully saturated rings. The van der Waals surface area contributed by atoms with E-state index in [1.54, 1.807) is 24.3 Å². The van der Waals surface area contributed by atoms with E-state index in [1.807, 2.05) is 40.7 Å². The third kappa shape index (κ3) is 6.17. The maximum Gasteiger partial charge on any atom is 0.328 e. The first-order chi connectivity index (χ1) is 12.1. The molecule has 0 aliphatic heterocycles. The summed E-state index contributed by atoms with van der Waals surface area (Å²) in [4.78, 5) is 38.6. The zero-order chi connectivity index (χ0) is 19.9. The molecule has 0 spiro atoms. The van der Waals surface area contributed by atoms with Gasteiger partial charge in [0, 0.05) is 5.54 Å². The second-order valence-corrected chi connectivity index (χ2v) is 7.77. The predicted octanol–water partition coefficient (Wildman–Crippen LogP) is 2.69. The molecule has 0 radical (unpaired) electrons. The molecular weight excluding hydrogens is 332 g/mol. The lowest BCUT2D eigenvalue weighted by Gasteiger charge is -2.35. The Balaban J connectivity index is 3.37. The topological polar surface area (TPSA) is 75.7 Å². The van der Waals surface area contributed by atoms with Gasteiger partial charge in [0.1, 0.15) is 12.1 Å². The van der Waals surface area contributed by atoms with E-state index in [0.29, 0.717) is 18.4 Å². The Hall–Kier alpha value is -2.37. The quantitative estimate of drug-likeness (QED) is 0.570. The van der Waals surface area contributed by atoms with Crippen molar-refractivity contribution >= 4 is 18.3 Å². The van der Waals surface area contributed by atoms with Crippen LogP contribution in [0.2, 0.25) is 0 Å². The summed E-state index contributed by atoms with van der Waals surface area (Å²) in [5.74, 6) is -0.729. The molecule has 0 unspecified atom stereocenters. The summed E-state index contributed by atoms with van der Waals surface area (Å²) in [5.41, 5.74) is 0.163. The van der Waals surface area contributed by atoms with E-state index in [1.165, 1.54) is 12.0 Å². The van der Waals surface area contributed by atoms with Gasteiger partial charge < -0.3 is 15.0 Å². The summed E-state index contributed by atoms with van der Waals surface area (Å²) in [6, 6.07) is 7.21. The number of ether oxygens (including phenoxy) is 1. The highest BCUT2D eigenvalue weighted by atomic mass is 16.5. The number of nitrogens with zero attached hydrogens (tertiary/aromatic N) is 1. The van der Waals surface area contributed by atoms with Crippen molar-refractivity contribution in [2.45, 2.75) is 58.7 Å². The van der Waals surface area contributed by atoms with Gasteiger partial charge >= 0.3 is 5.97 Å².